The number of anilines is 3. The van der Waals surface area contributed by atoms with E-state index in [4.69, 9.17) is 0 Å². The monoisotopic (exact) mass is 387 g/mol. The molecule has 3 rings (SSSR count). The van der Waals surface area contributed by atoms with Gasteiger partial charge in [0, 0.05) is 42.8 Å². The Bertz CT molecular complexity index is 751. The lowest BCUT2D eigenvalue weighted by Gasteiger charge is -2.28. The first-order valence-electron chi connectivity index (χ1n) is 9.57. The first-order chi connectivity index (χ1) is 13.2. The zero-order valence-electron chi connectivity index (χ0n) is 15.7. The molecule has 1 saturated carbocycles. The van der Waals surface area contributed by atoms with Gasteiger partial charge < -0.3 is 19.5 Å². The lowest BCUT2D eigenvalue weighted by molar-refractivity contribution is 0.463. The van der Waals surface area contributed by atoms with Crippen LogP contribution in [0, 0.1) is 0 Å². The lowest BCUT2D eigenvalue weighted by Crippen LogP contribution is -2.25. The second kappa shape index (κ2) is 9.71. The van der Waals surface area contributed by atoms with E-state index < -0.39 is 11.3 Å². The zero-order valence-corrected chi connectivity index (χ0v) is 16.5. The summed E-state index contributed by atoms with van der Waals surface area (Å²) in [5, 5.41) is 7.11. The summed E-state index contributed by atoms with van der Waals surface area (Å²) in [5.41, 5.74) is 3.72. The van der Waals surface area contributed by atoms with Crippen molar-refractivity contribution < 1.29 is 8.76 Å². The second-order valence-corrected chi connectivity index (χ2v) is 7.71. The van der Waals surface area contributed by atoms with E-state index in [9.17, 15) is 8.76 Å². The molecule has 0 bridgehead atoms. The normalized spacial score (nSPS) is 15.9. The van der Waals surface area contributed by atoms with E-state index in [2.05, 4.69) is 15.6 Å². The van der Waals surface area contributed by atoms with Crippen LogP contribution in [0.3, 0.4) is 0 Å². The molecule has 2 aromatic rings. The van der Waals surface area contributed by atoms with Crippen molar-refractivity contribution in [2.45, 2.75) is 51.6 Å². The van der Waals surface area contributed by atoms with E-state index >= 15 is 0 Å². The van der Waals surface area contributed by atoms with Gasteiger partial charge in [0.1, 0.15) is 0 Å². The molecule has 0 spiro atoms. The minimum Gasteiger partial charge on any atom is -0.755 e. The number of nitrogens with one attached hydrogen (secondary N) is 2. The van der Waals surface area contributed by atoms with Gasteiger partial charge in [-0.15, -0.1) is 0 Å². The molecular weight excluding hydrogens is 360 g/mol. The molecule has 1 fully saturated rings. The number of aromatic nitrogens is 1. The van der Waals surface area contributed by atoms with Crippen molar-refractivity contribution in [3.05, 3.63) is 48.3 Å². The largest absolute Gasteiger partial charge is 0.755 e. The summed E-state index contributed by atoms with van der Waals surface area (Å²) in [6.45, 7) is 2.88. The predicted molar refractivity (Wildman–Crippen MR) is 110 cm³/mol. The van der Waals surface area contributed by atoms with Crippen molar-refractivity contribution in [1.82, 2.24) is 4.98 Å². The van der Waals surface area contributed by atoms with Crippen LogP contribution in [-0.4, -0.2) is 26.3 Å². The van der Waals surface area contributed by atoms with Gasteiger partial charge >= 0.3 is 0 Å². The number of benzene rings is 1. The Balaban J connectivity index is 1.82. The number of hydrogen-bond donors (Lipinski definition) is 2. The second-order valence-electron chi connectivity index (χ2n) is 6.83. The summed E-state index contributed by atoms with van der Waals surface area (Å²) in [6, 6.07) is 10.2. The third-order valence-corrected chi connectivity index (χ3v) is 5.78. The summed E-state index contributed by atoms with van der Waals surface area (Å²) in [6.07, 6.45) is 9.73. The lowest BCUT2D eigenvalue weighted by atomic mass is 9.95. The van der Waals surface area contributed by atoms with Crippen LogP contribution in [0.4, 0.5) is 17.1 Å². The Labute approximate surface area is 163 Å². The van der Waals surface area contributed by atoms with E-state index in [0.717, 1.165) is 16.9 Å². The van der Waals surface area contributed by atoms with Crippen molar-refractivity contribution in [3.63, 3.8) is 0 Å². The predicted octanol–water partition coefficient (Wildman–Crippen LogP) is 4.06. The fourth-order valence-electron chi connectivity index (χ4n) is 3.50. The molecule has 0 aliphatic heterocycles. The molecule has 0 saturated heterocycles. The Morgan fingerprint density at radius 2 is 1.89 bits per heavy atom. The molecule has 0 amide bonds. The summed E-state index contributed by atoms with van der Waals surface area (Å²) in [5.74, 6) is 0. The van der Waals surface area contributed by atoms with Crippen LogP contribution < -0.4 is 14.9 Å². The SMILES string of the molecule is CCN(c1ccc(NC2CCCCC2)c(NCc2ccncc2)c1)S(=O)[O-]. The van der Waals surface area contributed by atoms with Crippen LogP contribution in [0.1, 0.15) is 44.6 Å². The van der Waals surface area contributed by atoms with Crippen molar-refractivity contribution in [3.8, 4) is 0 Å². The van der Waals surface area contributed by atoms with Gasteiger partial charge in [0.25, 0.3) is 0 Å². The molecule has 1 aromatic carbocycles. The quantitative estimate of drug-likeness (QED) is 0.668. The first kappa shape index (κ1) is 19.6. The molecule has 1 aliphatic rings. The van der Waals surface area contributed by atoms with Gasteiger partial charge in [-0.1, -0.05) is 19.3 Å². The topological polar surface area (TPSA) is 80.3 Å². The molecule has 146 valence electrons. The van der Waals surface area contributed by atoms with Gasteiger partial charge in [0.2, 0.25) is 0 Å². The third-order valence-electron chi connectivity index (χ3n) is 4.96. The smallest absolute Gasteiger partial charge is 0.0599 e. The van der Waals surface area contributed by atoms with Crippen LogP contribution in [0.2, 0.25) is 0 Å². The molecule has 1 aromatic heterocycles. The van der Waals surface area contributed by atoms with Gasteiger partial charge in [-0.3, -0.25) is 9.19 Å². The molecule has 1 aliphatic carbocycles. The minimum atomic E-state index is -2.29. The molecular formula is C20H27N4O2S-. The molecule has 7 heteroatoms. The van der Waals surface area contributed by atoms with Crippen LogP contribution in [0.25, 0.3) is 0 Å². The van der Waals surface area contributed by atoms with Crippen molar-refractivity contribution in [1.29, 1.82) is 0 Å². The van der Waals surface area contributed by atoms with E-state index in [1.165, 1.54) is 36.4 Å². The average Bonchev–Trinajstić information content (AvgIpc) is 2.69. The highest BCUT2D eigenvalue weighted by atomic mass is 32.2. The summed E-state index contributed by atoms with van der Waals surface area (Å²) < 4.78 is 24.4. The molecule has 27 heavy (non-hydrogen) atoms. The van der Waals surface area contributed by atoms with E-state index in [1.807, 2.05) is 37.3 Å². The van der Waals surface area contributed by atoms with Crippen LogP contribution in [0.5, 0.6) is 0 Å². The molecule has 2 N–H and O–H groups in total. The molecule has 1 heterocycles. The highest BCUT2D eigenvalue weighted by molar-refractivity contribution is 7.80. The van der Waals surface area contributed by atoms with Gasteiger partial charge in [-0.05, 0) is 55.7 Å². The molecule has 6 nitrogen and oxygen atoms in total. The number of pyridine rings is 1. The maximum absolute atomic E-state index is 11.5. The Kier molecular flexibility index (Phi) is 7.06. The minimum absolute atomic E-state index is 0.398. The first-order valence-corrected chi connectivity index (χ1v) is 10.6. The maximum atomic E-state index is 11.5. The van der Waals surface area contributed by atoms with Crippen molar-refractivity contribution in [2.24, 2.45) is 0 Å². The van der Waals surface area contributed by atoms with Crippen LogP contribution in [0.15, 0.2) is 42.7 Å². The summed E-state index contributed by atoms with van der Waals surface area (Å²) in [7, 11) is 0. The Morgan fingerprint density at radius 3 is 2.56 bits per heavy atom. The highest BCUT2D eigenvalue weighted by Crippen LogP contribution is 2.31. The van der Waals surface area contributed by atoms with Gasteiger partial charge in [0.15, 0.2) is 0 Å². The average molecular weight is 388 g/mol. The highest BCUT2D eigenvalue weighted by Gasteiger charge is 2.16. The Morgan fingerprint density at radius 1 is 1.15 bits per heavy atom. The van der Waals surface area contributed by atoms with Crippen LogP contribution in [-0.2, 0) is 17.8 Å². The zero-order chi connectivity index (χ0) is 19.1. The number of hydrogen-bond acceptors (Lipinski definition) is 5. The number of rotatable bonds is 8. The number of nitrogens with zero attached hydrogens (tertiary/aromatic N) is 2. The summed E-state index contributed by atoms with van der Waals surface area (Å²) in [4.78, 5) is 4.05. The molecule has 1 atom stereocenters. The Hall–Kier alpha value is -2.12. The van der Waals surface area contributed by atoms with Crippen molar-refractivity contribution >= 4 is 28.3 Å². The van der Waals surface area contributed by atoms with Gasteiger partial charge in [0.05, 0.1) is 17.1 Å². The van der Waals surface area contributed by atoms with Crippen molar-refractivity contribution in [2.75, 3.05) is 21.5 Å². The maximum Gasteiger partial charge on any atom is 0.0599 e. The van der Waals surface area contributed by atoms with E-state index in [1.54, 1.807) is 12.4 Å². The third kappa shape index (κ3) is 5.43. The standard InChI is InChI=1S/C20H28N4O2S/c1-2-24(27(25)26)18-8-9-19(23-17-6-4-3-5-7-17)20(14-18)22-15-16-10-12-21-13-11-16/h8-14,17,22-23H,2-7,15H2,1H3,(H,25,26)/p-1. The van der Waals surface area contributed by atoms with Crippen LogP contribution >= 0.6 is 0 Å². The van der Waals surface area contributed by atoms with Gasteiger partial charge in [-0.25, -0.2) is 0 Å². The van der Waals surface area contributed by atoms with E-state index in [-0.39, 0.29) is 0 Å². The molecule has 1 unspecified atom stereocenters. The fraction of sp³-hybridized carbons (Fsp3) is 0.450. The molecule has 0 radical (unpaired) electrons. The fourth-order valence-corrected chi connectivity index (χ4v) is 3.99. The summed E-state index contributed by atoms with van der Waals surface area (Å²) >= 11 is -2.29. The van der Waals surface area contributed by atoms with Gasteiger partial charge in [-0.2, -0.15) is 0 Å². The van der Waals surface area contributed by atoms with E-state index in [0.29, 0.717) is 24.8 Å².